The van der Waals surface area contributed by atoms with E-state index >= 15 is 0 Å². The van der Waals surface area contributed by atoms with E-state index in [1.165, 1.54) is 14.7 Å². The minimum absolute atomic E-state index is 0.0146. The summed E-state index contributed by atoms with van der Waals surface area (Å²) >= 11 is 0. The highest BCUT2D eigenvalue weighted by Crippen LogP contribution is 2.43. The van der Waals surface area contributed by atoms with Crippen LogP contribution in [0, 0.1) is 0 Å². The number of hydrogen-bond acceptors (Lipinski definition) is 6. The molecule has 4 fully saturated rings. The van der Waals surface area contributed by atoms with Crippen molar-refractivity contribution in [2.75, 3.05) is 13.2 Å². The monoisotopic (exact) mass is 667 g/mol. The lowest BCUT2D eigenvalue weighted by Gasteiger charge is -2.35. The molecular formula is C38H45F2O6S+. The van der Waals surface area contributed by atoms with Crippen molar-refractivity contribution in [2.24, 2.45) is 0 Å². The summed E-state index contributed by atoms with van der Waals surface area (Å²) in [6, 6.07) is 32.2. The molecule has 4 aliphatic rings. The van der Waals surface area contributed by atoms with Crippen LogP contribution in [0.25, 0.3) is 0 Å². The fourth-order valence-electron chi connectivity index (χ4n) is 6.88. The number of rotatable bonds is 7. The number of hydrogen-bond donors (Lipinski definition) is 0. The second-order valence-electron chi connectivity index (χ2n) is 12.9. The Labute approximate surface area is 279 Å². The van der Waals surface area contributed by atoms with Gasteiger partial charge in [-0.25, -0.2) is 4.79 Å². The standard InChI is InChI=1S/C20H30F2O6.C18H15S/c1-18(21,22)17(23)26-16(14-12-24-19(27-14)8-4-2-5-9-19)15-13-25-20(28-15)10-6-3-7-11-20;1-4-10-16(11-5-1)19(17-12-6-2-7-13-17)18-14-8-3-9-15-18/h14-16H,2-13H2,1H3;1-15H/q;+1. The van der Waals surface area contributed by atoms with Gasteiger partial charge in [0.1, 0.15) is 12.2 Å². The molecule has 2 saturated heterocycles. The van der Waals surface area contributed by atoms with E-state index < -0.39 is 41.8 Å². The van der Waals surface area contributed by atoms with Gasteiger partial charge in [0, 0.05) is 32.6 Å². The van der Waals surface area contributed by atoms with Gasteiger partial charge in [-0.05, 0) is 62.1 Å². The van der Waals surface area contributed by atoms with Gasteiger partial charge < -0.3 is 23.7 Å². The van der Waals surface area contributed by atoms with Crippen LogP contribution in [0.5, 0.6) is 0 Å². The second-order valence-corrected chi connectivity index (χ2v) is 14.9. The van der Waals surface area contributed by atoms with Crippen LogP contribution in [-0.4, -0.2) is 55.0 Å². The predicted molar refractivity (Wildman–Crippen MR) is 175 cm³/mol. The van der Waals surface area contributed by atoms with Crippen molar-refractivity contribution >= 4 is 16.9 Å². The number of halogens is 2. The van der Waals surface area contributed by atoms with Crippen LogP contribution in [0.3, 0.4) is 0 Å². The molecule has 2 aliphatic heterocycles. The third-order valence-corrected chi connectivity index (χ3v) is 11.5. The van der Waals surface area contributed by atoms with Gasteiger partial charge in [-0.1, -0.05) is 67.4 Å². The van der Waals surface area contributed by atoms with Gasteiger partial charge in [0.15, 0.2) is 32.4 Å². The number of esters is 1. The molecule has 3 aromatic carbocycles. The van der Waals surface area contributed by atoms with Crippen molar-refractivity contribution in [2.45, 2.75) is 122 Å². The van der Waals surface area contributed by atoms with Gasteiger partial charge in [-0.2, -0.15) is 8.78 Å². The van der Waals surface area contributed by atoms with Gasteiger partial charge in [-0.3, -0.25) is 0 Å². The molecule has 0 amide bonds. The molecule has 3 aromatic rings. The van der Waals surface area contributed by atoms with Crippen molar-refractivity contribution < 1.29 is 37.3 Å². The van der Waals surface area contributed by atoms with E-state index in [1.54, 1.807) is 0 Å². The van der Waals surface area contributed by atoms with Gasteiger partial charge in [0.25, 0.3) is 0 Å². The Balaban J connectivity index is 0.000000177. The molecule has 2 aliphatic carbocycles. The van der Waals surface area contributed by atoms with Crippen LogP contribution < -0.4 is 0 Å². The Morgan fingerprint density at radius 3 is 1.38 bits per heavy atom. The van der Waals surface area contributed by atoms with E-state index in [-0.39, 0.29) is 24.1 Å². The molecule has 2 unspecified atom stereocenters. The number of benzene rings is 3. The number of carbonyl (C=O) groups excluding carboxylic acids is 1. The quantitative estimate of drug-likeness (QED) is 0.186. The molecule has 6 nitrogen and oxygen atoms in total. The molecule has 7 rings (SSSR count). The Bertz CT molecular complexity index is 1280. The van der Waals surface area contributed by atoms with Crippen molar-refractivity contribution in [3.05, 3.63) is 91.0 Å². The summed E-state index contributed by atoms with van der Waals surface area (Å²) in [7, 11) is -0.0146. The lowest BCUT2D eigenvalue weighted by molar-refractivity contribution is -0.228. The maximum atomic E-state index is 13.5. The van der Waals surface area contributed by atoms with Crippen LogP contribution in [0.2, 0.25) is 0 Å². The van der Waals surface area contributed by atoms with Gasteiger partial charge >= 0.3 is 11.9 Å². The number of carbonyl (C=O) groups is 1. The SMILES string of the molecule is CC(F)(F)C(=O)OC(C1COC2(CCCCC2)O1)C1COC2(CCCCC2)O1.c1ccc([S+](c2ccccc2)c2ccccc2)cc1. The molecule has 252 valence electrons. The fraction of sp³-hybridized carbons (Fsp3) is 0.500. The van der Waals surface area contributed by atoms with Crippen LogP contribution in [0.4, 0.5) is 8.78 Å². The van der Waals surface area contributed by atoms with E-state index in [2.05, 4.69) is 91.0 Å². The number of alkyl halides is 2. The summed E-state index contributed by atoms with van der Waals surface area (Å²) in [6.07, 6.45) is 7.03. The highest BCUT2D eigenvalue weighted by atomic mass is 32.2. The molecule has 2 heterocycles. The van der Waals surface area contributed by atoms with Crippen molar-refractivity contribution in [3.8, 4) is 0 Å². The lowest BCUT2D eigenvalue weighted by Crippen LogP contribution is -2.48. The van der Waals surface area contributed by atoms with Crippen LogP contribution >= 0.6 is 0 Å². The summed E-state index contributed by atoms with van der Waals surface area (Å²) in [4.78, 5) is 16.0. The summed E-state index contributed by atoms with van der Waals surface area (Å²) < 4.78 is 56.5. The second kappa shape index (κ2) is 15.2. The number of ether oxygens (including phenoxy) is 5. The van der Waals surface area contributed by atoms with E-state index in [1.807, 2.05) is 0 Å². The first-order valence-electron chi connectivity index (χ1n) is 16.9. The zero-order valence-corrected chi connectivity index (χ0v) is 27.8. The van der Waals surface area contributed by atoms with Crippen LogP contribution in [0.1, 0.15) is 71.1 Å². The Hall–Kier alpha value is -2.82. The molecule has 0 radical (unpaired) electrons. The normalized spacial score (nSPS) is 24.1. The Morgan fingerprint density at radius 1 is 0.681 bits per heavy atom. The largest absolute Gasteiger partial charge is 0.452 e. The summed E-state index contributed by atoms with van der Waals surface area (Å²) in [5, 5.41) is 0. The fourth-order valence-corrected chi connectivity index (χ4v) is 8.99. The molecule has 0 bridgehead atoms. The zero-order chi connectivity index (χ0) is 32.7. The van der Waals surface area contributed by atoms with Gasteiger partial charge in [0.2, 0.25) is 0 Å². The third kappa shape index (κ3) is 8.43. The Kier molecular flexibility index (Phi) is 11.0. The van der Waals surface area contributed by atoms with Crippen LogP contribution in [0.15, 0.2) is 106 Å². The first-order chi connectivity index (χ1) is 22.8. The van der Waals surface area contributed by atoms with E-state index in [0.717, 1.165) is 64.2 Å². The maximum Gasteiger partial charge on any atom is 0.377 e. The van der Waals surface area contributed by atoms with Crippen molar-refractivity contribution in [3.63, 3.8) is 0 Å². The molecule has 2 spiro atoms. The Morgan fingerprint density at radius 2 is 1.04 bits per heavy atom. The first-order valence-corrected chi connectivity index (χ1v) is 18.1. The molecule has 0 aromatic heterocycles. The van der Waals surface area contributed by atoms with E-state index in [4.69, 9.17) is 23.7 Å². The van der Waals surface area contributed by atoms with Crippen LogP contribution in [-0.2, 0) is 39.4 Å². The average molecular weight is 668 g/mol. The third-order valence-electron chi connectivity index (χ3n) is 9.26. The smallest absolute Gasteiger partial charge is 0.377 e. The van der Waals surface area contributed by atoms with Gasteiger partial charge in [0.05, 0.1) is 24.1 Å². The lowest BCUT2D eigenvalue weighted by atomic mass is 9.94. The highest BCUT2D eigenvalue weighted by Gasteiger charge is 2.53. The molecule has 2 saturated carbocycles. The molecule has 9 heteroatoms. The van der Waals surface area contributed by atoms with Crippen molar-refractivity contribution in [1.29, 1.82) is 0 Å². The van der Waals surface area contributed by atoms with E-state index in [9.17, 15) is 13.6 Å². The highest BCUT2D eigenvalue weighted by molar-refractivity contribution is 7.97. The minimum atomic E-state index is -3.58. The summed E-state index contributed by atoms with van der Waals surface area (Å²) in [6.45, 7) is 0.926. The maximum absolute atomic E-state index is 13.5. The molecule has 47 heavy (non-hydrogen) atoms. The first kappa shape index (κ1) is 34.1. The minimum Gasteiger partial charge on any atom is -0.452 e. The molecular weight excluding hydrogens is 622 g/mol. The van der Waals surface area contributed by atoms with E-state index in [0.29, 0.717) is 6.92 Å². The van der Waals surface area contributed by atoms with Crippen molar-refractivity contribution in [1.82, 2.24) is 0 Å². The zero-order valence-electron chi connectivity index (χ0n) is 27.0. The predicted octanol–water partition coefficient (Wildman–Crippen LogP) is 8.49. The van der Waals surface area contributed by atoms with Gasteiger partial charge in [-0.15, -0.1) is 0 Å². The average Bonchev–Trinajstić information content (AvgIpc) is 3.69. The topological polar surface area (TPSA) is 63.2 Å². The molecule has 0 N–H and O–H groups in total. The molecule has 2 atom stereocenters. The summed E-state index contributed by atoms with van der Waals surface area (Å²) in [5.41, 5.74) is 0. The summed E-state index contributed by atoms with van der Waals surface area (Å²) in [5.74, 6) is -6.53.